The van der Waals surface area contributed by atoms with E-state index in [0.29, 0.717) is 11.1 Å². The molecule has 2 aromatic heterocycles. The molecule has 2 heterocycles. The van der Waals surface area contributed by atoms with Crippen LogP contribution in [0.2, 0.25) is 0 Å². The van der Waals surface area contributed by atoms with Gasteiger partial charge in [0.2, 0.25) is 30.0 Å². The van der Waals surface area contributed by atoms with Crippen molar-refractivity contribution < 1.29 is 33.6 Å². The Labute approximate surface area is 304 Å². The van der Waals surface area contributed by atoms with Gasteiger partial charge in [0, 0.05) is 86.3 Å². The maximum Gasteiger partial charge on any atom is 0.222 e. The molecule has 5 amide bonds. The van der Waals surface area contributed by atoms with Crippen LogP contribution in [0.4, 0.5) is 23.3 Å². The van der Waals surface area contributed by atoms with E-state index in [1.165, 1.54) is 56.9 Å². The molecule has 0 bridgehead atoms. The summed E-state index contributed by atoms with van der Waals surface area (Å²) in [5.41, 5.74) is 1.92. The fraction of sp³-hybridized carbons (Fsp3) is 0.154. The number of carbonyl (C=O) groups is 7. The molecule has 4 N–H and O–H groups in total. The highest BCUT2D eigenvalue weighted by molar-refractivity contribution is 6.30. The lowest BCUT2D eigenvalue weighted by atomic mass is 9.80. The predicted molar refractivity (Wildman–Crippen MR) is 197 cm³/mol. The first-order chi connectivity index (χ1) is 25.1. The van der Waals surface area contributed by atoms with Crippen LogP contribution >= 0.6 is 0 Å². The number of hydrogen-bond donors (Lipinski definition) is 4. The van der Waals surface area contributed by atoms with Gasteiger partial charge in [0.1, 0.15) is 23.3 Å². The third kappa shape index (κ3) is 10.3. The van der Waals surface area contributed by atoms with E-state index in [2.05, 4.69) is 54.9 Å². The van der Waals surface area contributed by atoms with Gasteiger partial charge in [-0.3, -0.25) is 33.6 Å². The van der Waals surface area contributed by atoms with Crippen LogP contribution in [0.1, 0.15) is 81.8 Å². The van der Waals surface area contributed by atoms with Crippen molar-refractivity contribution in [3.05, 3.63) is 105 Å². The molecule has 53 heavy (non-hydrogen) atoms. The van der Waals surface area contributed by atoms with E-state index in [4.69, 9.17) is 0 Å². The van der Waals surface area contributed by atoms with Gasteiger partial charge < -0.3 is 26.2 Å². The van der Waals surface area contributed by atoms with Crippen LogP contribution in [0.15, 0.2) is 60.7 Å². The second-order valence-electron chi connectivity index (χ2n) is 11.7. The number of rotatable bonds is 5. The van der Waals surface area contributed by atoms with Crippen molar-refractivity contribution in [1.82, 2.24) is 14.9 Å². The largest absolute Gasteiger partial charge is 0.351 e. The maximum atomic E-state index is 14.1. The average Bonchev–Trinajstić information content (AvgIpc) is 3.07. The molecule has 0 unspecified atom stereocenters. The Kier molecular flexibility index (Phi) is 12.3. The zero-order chi connectivity index (χ0) is 38.8. The molecule has 0 aliphatic heterocycles. The number of nitrogens with zero attached hydrogens (tertiary/aromatic N) is 3. The molecule has 4 aromatic rings. The summed E-state index contributed by atoms with van der Waals surface area (Å²) < 4.78 is 0. The molecule has 1 aliphatic carbocycles. The Hall–Kier alpha value is -7.45. The van der Waals surface area contributed by atoms with Crippen LogP contribution in [0.25, 0.3) is 0 Å². The van der Waals surface area contributed by atoms with Gasteiger partial charge in [0.15, 0.2) is 11.6 Å². The van der Waals surface area contributed by atoms with E-state index in [0.717, 1.165) is 6.41 Å². The Balaban J connectivity index is 0.00000117. The molecule has 14 heteroatoms. The van der Waals surface area contributed by atoms with Gasteiger partial charge in [-0.1, -0.05) is 47.9 Å². The van der Waals surface area contributed by atoms with Crippen molar-refractivity contribution in [2.24, 2.45) is 0 Å². The lowest BCUT2D eigenvalue weighted by molar-refractivity contribution is -0.116. The molecule has 0 atom stereocenters. The minimum absolute atomic E-state index is 0.111. The molecule has 266 valence electrons. The quantitative estimate of drug-likeness (QED) is 0.156. The number of pyridine rings is 2. The minimum atomic E-state index is -0.449. The number of hydrogen-bond acceptors (Lipinski definition) is 9. The lowest BCUT2D eigenvalue weighted by Crippen LogP contribution is -2.23. The highest BCUT2D eigenvalue weighted by Crippen LogP contribution is 2.31. The summed E-state index contributed by atoms with van der Waals surface area (Å²) >= 11 is 0. The van der Waals surface area contributed by atoms with E-state index in [1.807, 2.05) is 0 Å². The van der Waals surface area contributed by atoms with Gasteiger partial charge in [0.25, 0.3) is 0 Å². The number of carbonyl (C=O) groups excluding carboxylic acids is 7. The molecule has 2 aromatic carbocycles. The molecule has 0 saturated heterocycles. The Morgan fingerprint density at radius 1 is 0.566 bits per heavy atom. The van der Waals surface area contributed by atoms with Gasteiger partial charge >= 0.3 is 0 Å². The van der Waals surface area contributed by atoms with Crippen molar-refractivity contribution in [3.8, 4) is 23.7 Å². The Morgan fingerprint density at radius 2 is 0.887 bits per heavy atom. The van der Waals surface area contributed by atoms with Crippen LogP contribution in [0.5, 0.6) is 0 Å². The number of aromatic nitrogens is 2. The number of anilines is 4. The third-order valence-corrected chi connectivity index (χ3v) is 6.83. The highest BCUT2D eigenvalue weighted by Gasteiger charge is 2.33. The first-order valence-electron chi connectivity index (χ1n) is 15.8. The standard InChI is InChI=1S/C36H26N6O6.C3H7NO/c1-19(43)37-29-15-23(16-30(41-29)38-20(2)44)11-13-25-7-5-9-27-33(25)36(48)34-26(8-6-10-28(34)35(27)47)14-12-24-17-31(39-21(3)45)42-32(18-24)40-22(4)46;1-4(2)3-5/h5-10,15-18H,1-4H3,(H2,37,38,41,43,44)(H2,39,40,42,45,46);3H,1-2H3. The zero-order valence-electron chi connectivity index (χ0n) is 29.6. The van der Waals surface area contributed by atoms with Crippen LogP contribution < -0.4 is 21.3 Å². The third-order valence-electron chi connectivity index (χ3n) is 6.83. The maximum absolute atomic E-state index is 14.1. The molecule has 0 radical (unpaired) electrons. The normalized spacial score (nSPS) is 10.6. The fourth-order valence-electron chi connectivity index (χ4n) is 4.91. The summed E-state index contributed by atoms with van der Waals surface area (Å²) in [6.45, 7) is 5.26. The van der Waals surface area contributed by atoms with Crippen molar-refractivity contribution >= 4 is 64.9 Å². The van der Waals surface area contributed by atoms with Crippen molar-refractivity contribution in [3.63, 3.8) is 0 Å². The predicted octanol–water partition coefficient (Wildman–Crippen LogP) is 3.59. The van der Waals surface area contributed by atoms with E-state index < -0.39 is 5.78 Å². The smallest absolute Gasteiger partial charge is 0.222 e. The molecule has 0 spiro atoms. The van der Waals surface area contributed by atoms with Crippen molar-refractivity contribution in [2.75, 3.05) is 35.4 Å². The van der Waals surface area contributed by atoms with Gasteiger partial charge in [-0.2, -0.15) is 0 Å². The van der Waals surface area contributed by atoms with Crippen LogP contribution in [-0.4, -0.2) is 70.6 Å². The number of fused-ring (bicyclic) bond motifs is 2. The van der Waals surface area contributed by atoms with Crippen LogP contribution in [0.3, 0.4) is 0 Å². The molecular weight excluding hydrogens is 678 g/mol. The highest BCUT2D eigenvalue weighted by atomic mass is 16.2. The zero-order valence-corrected chi connectivity index (χ0v) is 29.6. The molecular formula is C39H33N7O7. The van der Waals surface area contributed by atoms with Crippen LogP contribution in [0, 0.1) is 23.7 Å². The monoisotopic (exact) mass is 711 g/mol. The van der Waals surface area contributed by atoms with E-state index in [9.17, 15) is 33.6 Å². The van der Waals surface area contributed by atoms with Crippen LogP contribution in [-0.2, 0) is 24.0 Å². The second kappa shape index (κ2) is 17.0. The van der Waals surface area contributed by atoms with E-state index >= 15 is 0 Å². The van der Waals surface area contributed by atoms with Gasteiger partial charge in [-0.15, -0.1) is 0 Å². The summed E-state index contributed by atoms with van der Waals surface area (Å²) in [6, 6.07) is 15.7. The minimum Gasteiger partial charge on any atom is -0.351 e. The van der Waals surface area contributed by atoms with Gasteiger partial charge in [0.05, 0.1) is 0 Å². The van der Waals surface area contributed by atoms with E-state index in [1.54, 1.807) is 50.5 Å². The van der Waals surface area contributed by atoms with Gasteiger partial charge in [-0.05, 0) is 36.4 Å². The average molecular weight is 712 g/mol. The first-order valence-corrected chi connectivity index (χ1v) is 15.8. The number of benzene rings is 2. The Bertz CT molecular complexity index is 2100. The summed E-state index contributed by atoms with van der Waals surface area (Å²) in [5, 5.41) is 10.2. The fourth-order valence-corrected chi connectivity index (χ4v) is 4.91. The number of ketones is 2. The molecule has 14 nitrogen and oxygen atoms in total. The number of amides is 5. The summed E-state index contributed by atoms with van der Waals surface area (Å²) in [7, 11) is 3.38. The first kappa shape index (κ1) is 38.4. The molecule has 0 fully saturated rings. The molecule has 1 aliphatic rings. The SMILES string of the molecule is CC(=O)Nc1cc(C#Cc2cccc3c2C(=O)c2c(C#Cc4cc(NC(C)=O)nc(NC(C)=O)c4)cccc2C3=O)cc(NC(C)=O)n1.CN(C)C=O. The summed E-state index contributed by atoms with van der Waals surface area (Å²) in [4.78, 5) is 93.6. The molecule has 0 saturated carbocycles. The lowest BCUT2D eigenvalue weighted by Gasteiger charge is -2.19. The second-order valence-corrected chi connectivity index (χ2v) is 11.7. The topological polar surface area (TPSA) is 197 Å². The van der Waals surface area contributed by atoms with Crippen molar-refractivity contribution in [1.29, 1.82) is 0 Å². The van der Waals surface area contributed by atoms with Gasteiger partial charge in [-0.25, -0.2) is 9.97 Å². The Morgan fingerprint density at radius 3 is 1.17 bits per heavy atom. The number of nitrogens with one attached hydrogen (secondary N) is 4. The van der Waals surface area contributed by atoms with E-state index in [-0.39, 0.29) is 86.1 Å². The summed E-state index contributed by atoms with van der Waals surface area (Å²) in [5.74, 6) is 10.2. The van der Waals surface area contributed by atoms with Crippen molar-refractivity contribution in [2.45, 2.75) is 27.7 Å². The molecule has 5 rings (SSSR count). The summed E-state index contributed by atoms with van der Waals surface area (Å²) in [6.07, 6.45) is 0.750.